The van der Waals surface area contributed by atoms with Crippen molar-refractivity contribution in [3.8, 4) is 11.3 Å². The molecular weight excluding hydrogens is 374 g/mol. The van der Waals surface area contributed by atoms with Gasteiger partial charge in [-0.05, 0) is 56.9 Å². The highest BCUT2D eigenvalue weighted by atomic mass is 32.2. The highest BCUT2D eigenvalue weighted by Crippen LogP contribution is 2.28. The Balaban J connectivity index is 1.49. The van der Waals surface area contributed by atoms with Gasteiger partial charge in [0.1, 0.15) is 5.76 Å². The molecule has 0 amide bonds. The maximum absolute atomic E-state index is 12.8. The fourth-order valence-corrected chi connectivity index (χ4v) is 5.35. The molecule has 0 saturated carbocycles. The van der Waals surface area contributed by atoms with Gasteiger partial charge in [0.25, 0.3) is 0 Å². The summed E-state index contributed by atoms with van der Waals surface area (Å²) in [6.07, 6.45) is 1.58. The fraction of sp³-hybridized carbons (Fsp3) is 0.333. The molecule has 1 aliphatic heterocycles. The largest absolute Gasteiger partial charge is 0.361 e. The molecule has 1 saturated heterocycles. The van der Waals surface area contributed by atoms with Gasteiger partial charge in [0.15, 0.2) is 0 Å². The molecular formula is C21H23N3O3S. The molecule has 1 aromatic carbocycles. The first-order valence-electron chi connectivity index (χ1n) is 9.39. The van der Waals surface area contributed by atoms with Gasteiger partial charge < -0.3 is 4.52 Å². The first kappa shape index (κ1) is 18.8. The molecule has 4 rings (SSSR count). The second kappa shape index (κ2) is 7.48. The van der Waals surface area contributed by atoms with Crippen molar-refractivity contribution in [1.82, 2.24) is 14.4 Å². The molecule has 0 N–H and O–H groups in total. The molecule has 0 bridgehead atoms. The van der Waals surface area contributed by atoms with Crippen molar-refractivity contribution in [2.24, 2.45) is 5.92 Å². The van der Waals surface area contributed by atoms with E-state index in [1.54, 1.807) is 28.6 Å². The number of sulfonamides is 1. The van der Waals surface area contributed by atoms with Crippen LogP contribution in [0.5, 0.6) is 0 Å². The Morgan fingerprint density at radius 1 is 1.11 bits per heavy atom. The van der Waals surface area contributed by atoms with Gasteiger partial charge in [-0.3, -0.25) is 4.98 Å². The number of aryl methyl sites for hydroxylation is 2. The zero-order chi connectivity index (χ0) is 19.7. The van der Waals surface area contributed by atoms with E-state index in [-0.39, 0.29) is 5.92 Å². The minimum atomic E-state index is -3.43. The van der Waals surface area contributed by atoms with Crippen molar-refractivity contribution in [1.29, 1.82) is 0 Å². The summed E-state index contributed by atoms with van der Waals surface area (Å²) in [6.45, 7) is 4.86. The van der Waals surface area contributed by atoms with Crippen LogP contribution < -0.4 is 0 Å². The molecule has 7 heteroatoms. The van der Waals surface area contributed by atoms with Crippen LogP contribution in [0.15, 0.2) is 57.9 Å². The molecule has 1 aliphatic rings. The summed E-state index contributed by atoms with van der Waals surface area (Å²) in [4.78, 5) is 5.13. The molecule has 1 fully saturated rings. The molecule has 6 nitrogen and oxygen atoms in total. The molecule has 1 atom stereocenters. The second-order valence-electron chi connectivity index (χ2n) is 7.25. The normalized spacial score (nSPS) is 17.9. The minimum Gasteiger partial charge on any atom is -0.361 e. The fourth-order valence-electron chi connectivity index (χ4n) is 3.80. The predicted octanol–water partition coefficient (Wildman–Crippen LogP) is 3.61. The van der Waals surface area contributed by atoms with E-state index in [2.05, 4.69) is 5.16 Å². The zero-order valence-electron chi connectivity index (χ0n) is 16.0. The van der Waals surface area contributed by atoms with Crippen molar-refractivity contribution in [2.75, 3.05) is 13.1 Å². The second-order valence-corrected chi connectivity index (χ2v) is 9.19. The number of pyridine rings is 1. The summed E-state index contributed by atoms with van der Waals surface area (Å²) in [5, 5.41) is 4.00. The minimum absolute atomic E-state index is 0.255. The van der Waals surface area contributed by atoms with Gasteiger partial charge >= 0.3 is 0 Å². The first-order valence-corrected chi connectivity index (χ1v) is 10.8. The summed E-state index contributed by atoms with van der Waals surface area (Å²) < 4.78 is 32.5. The Morgan fingerprint density at radius 2 is 1.89 bits per heavy atom. The molecule has 0 aliphatic carbocycles. The van der Waals surface area contributed by atoms with E-state index < -0.39 is 10.0 Å². The van der Waals surface area contributed by atoms with Gasteiger partial charge in [-0.25, -0.2) is 8.42 Å². The van der Waals surface area contributed by atoms with Gasteiger partial charge in [0.05, 0.1) is 21.8 Å². The Kier molecular flexibility index (Phi) is 5.03. The van der Waals surface area contributed by atoms with E-state index in [9.17, 15) is 8.42 Å². The van der Waals surface area contributed by atoms with Gasteiger partial charge in [0, 0.05) is 18.8 Å². The number of benzene rings is 1. The Hall–Kier alpha value is -2.51. The number of aromatic nitrogens is 2. The molecule has 28 heavy (non-hydrogen) atoms. The maximum Gasteiger partial charge on any atom is 0.243 e. The van der Waals surface area contributed by atoms with Crippen molar-refractivity contribution in [2.45, 2.75) is 31.6 Å². The van der Waals surface area contributed by atoms with Crippen LogP contribution in [0.2, 0.25) is 0 Å². The number of hydrogen-bond acceptors (Lipinski definition) is 5. The standard InChI is InChI=1S/C21H23N3O3S/c1-15-21(16(2)27-23-15)20-10-6-7-18(22-20)13-17-11-12-24(14-17)28(25,26)19-8-4-3-5-9-19/h3-10,17H,11-14H2,1-2H3/t17-/m1/s1. The van der Waals surface area contributed by atoms with E-state index >= 15 is 0 Å². The van der Waals surface area contributed by atoms with Crippen LogP contribution in [-0.4, -0.2) is 36.0 Å². The molecule has 0 radical (unpaired) electrons. The molecule has 3 heterocycles. The van der Waals surface area contributed by atoms with Crippen molar-refractivity contribution in [3.63, 3.8) is 0 Å². The Morgan fingerprint density at radius 3 is 2.61 bits per heavy atom. The molecule has 146 valence electrons. The number of hydrogen-bond donors (Lipinski definition) is 0. The van der Waals surface area contributed by atoms with E-state index in [1.807, 2.05) is 38.1 Å². The van der Waals surface area contributed by atoms with Crippen LogP contribution in [0.1, 0.15) is 23.6 Å². The lowest BCUT2D eigenvalue weighted by Gasteiger charge is -2.16. The van der Waals surface area contributed by atoms with Crippen LogP contribution in [0.4, 0.5) is 0 Å². The monoisotopic (exact) mass is 397 g/mol. The predicted molar refractivity (Wildman–Crippen MR) is 106 cm³/mol. The van der Waals surface area contributed by atoms with Gasteiger partial charge in [-0.15, -0.1) is 0 Å². The van der Waals surface area contributed by atoms with Crippen LogP contribution in [0.25, 0.3) is 11.3 Å². The quantitative estimate of drug-likeness (QED) is 0.657. The highest BCUT2D eigenvalue weighted by molar-refractivity contribution is 7.89. The molecule has 2 aromatic heterocycles. The van der Waals surface area contributed by atoms with Crippen molar-refractivity contribution < 1.29 is 12.9 Å². The Labute approximate surface area is 165 Å². The first-order chi connectivity index (χ1) is 13.4. The van der Waals surface area contributed by atoms with Crippen LogP contribution >= 0.6 is 0 Å². The van der Waals surface area contributed by atoms with Crippen LogP contribution in [0, 0.1) is 19.8 Å². The highest BCUT2D eigenvalue weighted by Gasteiger charge is 2.32. The van der Waals surface area contributed by atoms with Crippen LogP contribution in [0.3, 0.4) is 0 Å². The third kappa shape index (κ3) is 3.59. The number of nitrogens with zero attached hydrogens (tertiary/aromatic N) is 3. The summed E-state index contributed by atoms with van der Waals surface area (Å²) >= 11 is 0. The van der Waals surface area contributed by atoms with Crippen molar-refractivity contribution in [3.05, 3.63) is 65.7 Å². The van der Waals surface area contributed by atoms with E-state index in [0.29, 0.717) is 18.0 Å². The average molecular weight is 398 g/mol. The zero-order valence-corrected chi connectivity index (χ0v) is 16.8. The van der Waals surface area contributed by atoms with Gasteiger partial charge in [-0.1, -0.05) is 29.4 Å². The lowest BCUT2D eigenvalue weighted by atomic mass is 10.0. The summed E-state index contributed by atoms with van der Waals surface area (Å²) in [7, 11) is -3.43. The van der Waals surface area contributed by atoms with E-state index in [0.717, 1.165) is 41.2 Å². The van der Waals surface area contributed by atoms with Gasteiger partial charge in [0.2, 0.25) is 10.0 Å². The van der Waals surface area contributed by atoms with E-state index in [1.165, 1.54) is 0 Å². The third-order valence-corrected chi connectivity index (χ3v) is 7.10. The average Bonchev–Trinajstić information content (AvgIpc) is 3.29. The topological polar surface area (TPSA) is 76.3 Å². The third-order valence-electron chi connectivity index (χ3n) is 5.22. The van der Waals surface area contributed by atoms with E-state index in [4.69, 9.17) is 9.51 Å². The molecule has 3 aromatic rings. The lowest BCUT2D eigenvalue weighted by molar-refractivity contribution is 0.393. The van der Waals surface area contributed by atoms with Crippen molar-refractivity contribution >= 4 is 10.0 Å². The smallest absolute Gasteiger partial charge is 0.243 e. The summed E-state index contributed by atoms with van der Waals surface area (Å²) in [6, 6.07) is 14.6. The molecule has 0 spiro atoms. The maximum atomic E-state index is 12.8. The van der Waals surface area contributed by atoms with Gasteiger partial charge in [-0.2, -0.15) is 4.31 Å². The summed E-state index contributed by atoms with van der Waals surface area (Å²) in [5.41, 5.74) is 3.56. The van der Waals surface area contributed by atoms with Crippen LogP contribution in [-0.2, 0) is 16.4 Å². The SMILES string of the molecule is Cc1noc(C)c1-c1cccc(C[C@H]2CCN(S(=O)(=O)c3ccccc3)C2)n1. The number of rotatable bonds is 5. The lowest BCUT2D eigenvalue weighted by Crippen LogP contribution is -2.29. The summed E-state index contributed by atoms with van der Waals surface area (Å²) in [5.74, 6) is 1.01. The molecule has 0 unspecified atom stereocenters. The Bertz CT molecular complexity index is 1060.